The highest BCUT2D eigenvalue weighted by Gasteiger charge is 2.32. The maximum Gasteiger partial charge on any atom is 0.434 e. The molecule has 0 aliphatic carbocycles. The Morgan fingerprint density at radius 3 is 2.35 bits per heavy atom. The maximum atomic E-state index is 12.1. The van der Waals surface area contributed by atoms with Crippen molar-refractivity contribution in [2.24, 2.45) is 0 Å². The van der Waals surface area contributed by atoms with Gasteiger partial charge in [0.25, 0.3) is 0 Å². The minimum absolute atomic E-state index is 0.363. The third-order valence-corrected chi connectivity index (χ3v) is 1.43. The second-order valence-corrected chi connectivity index (χ2v) is 2.76. The zero-order valence-corrected chi connectivity index (χ0v) is 8.02. The van der Waals surface area contributed by atoms with Gasteiger partial charge in [-0.15, -0.1) is 0 Å². The van der Waals surface area contributed by atoms with Crippen LogP contribution in [0, 0.1) is 0 Å². The lowest BCUT2D eigenvalue weighted by Gasteiger charge is -2.06. The number of carbonyl (C=O) groups excluding carboxylic acids is 2. The first-order valence-corrected chi connectivity index (χ1v) is 4.09. The molecule has 1 aromatic heterocycles. The van der Waals surface area contributed by atoms with Crippen LogP contribution in [-0.4, -0.2) is 21.9 Å². The lowest BCUT2D eigenvalue weighted by Crippen LogP contribution is -2.27. The van der Waals surface area contributed by atoms with Gasteiger partial charge in [0.2, 0.25) is 5.88 Å². The SMILES string of the molecule is O=C([O-])CC(=O)Oc1cnc(C(F)(F)F)cn1. The molecule has 6 nitrogen and oxygen atoms in total. The number of hydrogen-bond acceptors (Lipinski definition) is 6. The van der Waals surface area contributed by atoms with Crippen molar-refractivity contribution in [1.82, 2.24) is 9.97 Å². The summed E-state index contributed by atoms with van der Waals surface area (Å²) in [5.41, 5.74) is -1.25. The van der Waals surface area contributed by atoms with E-state index in [1.54, 1.807) is 0 Å². The number of aliphatic carboxylic acids is 1. The molecule has 1 rings (SSSR count). The molecule has 92 valence electrons. The Kier molecular flexibility index (Phi) is 3.61. The lowest BCUT2D eigenvalue weighted by molar-refractivity contribution is -0.304. The molecule has 0 saturated carbocycles. The molecule has 0 atom stereocenters. The molecule has 0 unspecified atom stereocenters. The van der Waals surface area contributed by atoms with Gasteiger partial charge in [-0.3, -0.25) is 4.79 Å². The number of hydrogen-bond donors (Lipinski definition) is 0. The van der Waals surface area contributed by atoms with Crippen molar-refractivity contribution in [1.29, 1.82) is 0 Å². The zero-order valence-electron chi connectivity index (χ0n) is 8.02. The molecule has 0 aromatic carbocycles. The Bertz CT molecular complexity index is 429. The lowest BCUT2D eigenvalue weighted by atomic mass is 10.4. The summed E-state index contributed by atoms with van der Waals surface area (Å²) in [5, 5.41) is 9.99. The number of rotatable bonds is 3. The summed E-state index contributed by atoms with van der Waals surface area (Å²) >= 11 is 0. The Morgan fingerprint density at radius 2 is 1.94 bits per heavy atom. The molecule has 0 aliphatic rings. The third-order valence-electron chi connectivity index (χ3n) is 1.43. The van der Waals surface area contributed by atoms with Crippen molar-refractivity contribution in [3.8, 4) is 5.88 Å². The van der Waals surface area contributed by atoms with Gasteiger partial charge in [0.05, 0.1) is 24.8 Å². The third kappa shape index (κ3) is 4.05. The molecule has 1 heterocycles. The number of carboxylic acids is 1. The topological polar surface area (TPSA) is 92.2 Å². The number of esters is 1. The van der Waals surface area contributed by atoms with Gasteiger partial charge in [-0.2, -0.15) is 13.2 Å². The number of ether oxygens (including phenoxy) is 1. The molecule has 0 bridgehead atoms. The molecule has 17 heavy (non-hydrogen) atoms. The summed E-state index contributed by atoms with van der Waals surface area (Å²) in [5.74, 6) is -3.40. The maximum absolute atomic E-state index is 12.1. The van der Waals surface area contributed by atoms with Crippen LogP contribution in [0.2, 0.25) is 0 Å². The first kappa shape index (κ1) is 12.9. The predicted molar refractivity (Wildman–Crippen MR) is 42.3 cm³/mol. The van der Waals surface area contributed by atoms with Crippen molar-refractivity contribution < 1.29 is 32.6 Å². The van der Waals surface area contributed by atoms with Gasteiger partial charge in [0, 0.05) is 0 Å². The van der Waals surface area contributed by atoms with Crippen molar-refractivity contribution in [2.45, 2.75) is 12.6 Å². The van der Waals surface area contributed by atoms with E-state index in [2.05, 4.69) is 14.7 Å². The average molecular weight is 249 g/mol. The van der Waals surface area contributed by atoms with E-state index in [0.717, 1.165) is 0 Å². The molecule has 0 fully saturated rings. The van der Waals surface area contributed by atoms with E-state index in [4.69, 9.17) is 0 Å². The van der Waals surface area contributed by atoms with Crippen molar-refractivity contribution in [3.05, 3.63) is 18.1 Å². The first-order chi connectivity index (χ1) is 7.79. The molecule has 0 N–H and O–H groups in total. The van der Waals surface area contributed by atoms with Gasteiger partial charge in [-0.05, 0) is 0 Å². The molecular weight excluding hydrogens is 245 g/mol. The highest BCUT2D eigenvalue weighted by atomic mass is 19.4. The molecule has 1 aromatic rings. The molecular formula is C8H4F3N2O4-. The van der Waals surface area contributed by atoms with Gasteiger partial charge in [-0.1, -0.05) is 0 Å². The van der Waals surface area contributed by atoms with E-state index in [9.17, 15) is 27.9 Å². The molecule has 0 spiro atoms. The Hall–Kier alpha value is -2.19. The average Bonchev–Trinajstić information content (AvgIpc) is 2.15. The largest absolute Gasteiger partial charge is 0.550 e. The van der Waals surface area contributed by atoms with E-state index in [1.807, 2.05) is 0 Å². The second-order valence-electron chi connectivity index (χ2n) is 2.76. The molecule has 0 aliphatic heterocycles. The zero-order chi connectivity index (χ0) is 13.1. The fourth-order valence-corrected chi connectivity index (χ4v) is 0.786. The minimum Gasteiger partial charge on any atom is -0.550 e. The summed E-state index contributed by atoms with van der Waals surface area (Å²) in [4.78, 5) is 26.9. The van der Waals surface area contributed by atoms with Crippen LogP contribution < -0.4 is 9.84 Å². The van der Waals surface area contributed by atoms with Crippen LogP contribution in [0.25, 0.3) is 0 Å². The fourth-order valence-electron chi connectivity index (χ4n) is 0.786. The number of carboxylic acid groups (broad SMARTS) is 1. The fraction of sp³-hybridized carbons (Fsp3) is 0.250. The van der Waals surface area contributed by atoms with Crippen LogP contribution in [0.15, 0.2) is 12.4 Å². The highest BCUT2D eigenvalue weighted by molar-refractivity contribution is 5.89. The van der Waals surface area contributed by atoms with Gasteiger partial charge >= 0.3 is 12.1 Å². The van der Waals surface area contributed by atoms with E-state index in [1.165, 1.54) is 0 Å². The number of carbonyl (C=O) groups is 2. The Morgan fingerprint density at radius 1 is 1.29 bits per heavy atom. The van der Waals surface area contributed by atoms with Crippen LogP contribution in [-0.2, 0) is 15.8 Å². The number of aromatic nitrogens is 2. The van der Waals surface area contributed by atoms with Crippen molar-refractivity contribution in [3.63, 3.8) is 0 Å². The van der Waals surface area contributed by atoms with Crippen LogP contribution >= 0.6 is 0 Å². The standard InChI is InChI=1S/C8H5F3N2O4/c9-8(10,11)4-2-13-5(3-12-4)17-7(16)1-6(14)15/h2-3H,1H2,(H,14,15)/p-1. The van der Waals surface area contributed by atoms with E-state index < -0.39 is 36.1 Å². The number of nitrogens with zero attached hydrogens (tertiary/aromatic N) is 2. The van der Waals surface area contributed by atoms with Crippen LogP contribution in [0.5, 0.6) is 5.88 Å². The van der Waals surface area contributed by atoms with Gasteiger partial charge in [0.1, 0.15) is 0 Å². The Labute approximate surface area is 92.1 Å². The summed E-state index contributed by atoms with van der Waals surface area (Å²) in [7, 11) is 0. The predicted octanol–water partition coefficient (Wildman–Crippen LogP) is -0.459. The summed E-state index contributed by atoms with van der Waals surface area (Å²) in [6.07, 6.45) is -4.75. The van der Waals surface area contributed by atoms with Crippen LogP contribution in [0.4, 0.5) is 13.2 Å². The summed E-state index contributed by atoms with van der Waals surface area (Å²) in [6, 6.07) is 0. The van der Waals surface area contributed by atoms with Crippen molar-refractivity contribution in [2.75, 3.05) is 0 Å². The first-order valence-electron chi connectivity index (χ1n) is 4.09. The molecule has 0 radical (unpaired) electrons. The Balaban J connectivity index is 2.69. The smallest absolute Gasteiger partial charge is 0.434 e. The quantitative estimate of drug-likeness (QED) is 0.531. The minimum atomic E-state index is -4.65. The summed E-state index contributed by atoms with van der Waals surface area (Å²) in [6.45, 7) is 0. The molecule has 0 saturated heterocycles. The normalized spacial score (nSPS) is 11.0. The van der Waals surface area contributed by atoms with Crippen LogP contribution in [0.1, 0.15) is 12.1 Å². The van der Waals surface area contributed by atoms with Gasteiger partial charge in [0.15, 0.2) is 5.69 Å². The summed E-state index contributed by atoms with van der Waals surface area (Å²) < 4.78 is 40.5. The van der Waals surface area contributed by atoms with E-state index in [-0.39, 0.29) is 0 Å². The highest BCUT2D eigenvalue weighted by Crippen LogP contribution is 2.27. The second kappa shape index (κ2) is 4.76. The van der Waals surface area contributed by atoms with Crippen molar-refractivity contribution >= 4 is 11.9 Å². The van der Waals surface area contributed by atoms with Gasteiger partial charge in [-0.25, -0.2) is 9.97 Å². The van der Waals surface area contributed by atoms with E-state index >= 15 is 0 Å². The monoisotopic (exact) mass is 249 g/mol. The van der Waals surface area contributed by atoms with Crippen LogP contribution in [0.3, 0.4) is 0 Å². The molecule has 0 amide bonds. The van der Waals surface area contributed by atoms with E-state index in [0.29, 0.717) is 12.4 Å². The van der Waals surface area contributed by atoms with Gasteiger partial charge < -0.3 is 14.6 Å². The number of halogens is 3. The molecule has 9 heteroatoms. The number of alkyl halides is 3.